The second-order valence-corrected chi connectivity index (χ2v) is 2.79. The molecule has 0 unspecified atom stereocenters. The van der Waals surface area contributed by atoms with Gasteiger partial charge in [0.2, 0.25) is 0 Å². The van der Waals surface area contributed by atoms with Crippen LogP contribution in [0.3, 0.4) is 0 Å². The minimum absolute atomic E-state index is 0.296. The predicted octanol–water partition coefficient (Wildman–Crippen LogP) is 4.67. The molecule has 0 spiro atoms. The molecule has 0 rings (SSSR count). The van der Waals surface area contributed by atoms with Crippen molar-refractivity contribution in [3.63, 3.8) is 0 Å². The fraction of sp³-hybridized carbons (Fsp3) is 0.333. The van der Waals surface area contributed by atoms with Crippen molar-refractivity contribution in [3.05, 3.63) is 48.1 Å². The van der Waals surface area contributed by atoms with Crippen molar-refractivity contribution in [2.24, 2.45) is 0 Å². The zero-order valence-electron chi connectivity index (χ0n) is 9.62. The predicted molar refractivity (Wildman–Crippen MR) is 70.9 cm³/mol. The maximum atomic E-state index is 8.34. The van der Waals surface area contributed by atoms with Crippen molar-refractivity contribution in [2.75, 3.05) is 0 Å². The van der Waals surface area contributed by atoms with Crippen LogP contribution in [0.1, 0.15) is 27.7 Å². The van der Waals surface area contributed by atoms with Gasteiger partial charge in [-0.05, 0) is 24.8 Å². The van der Waals surface area contributed by atoms with E-state index in [4.69, 9.17) is 5.11 Å². The van der Waals surface area contributed by atoms with Crippen molar-refractivity contribution in [1.82, 2.24) is 0 Å². The first-order valence-corrected chi connectivity index (χ1v) is 4.95. The summed E-state index contributed by atoms with van der Waals surface area (Å²) in [5, 5.41) is 8.34. The van der Waals surface area contributed by atoms with Gasteiger partial charge in [0.25, 0.3) is 0 Å². The monoisotopic (exact) mass is 214 g/mol. The summed E-state index contributed by atoms with van der Waals surface area (Å²) in [4.78, 5) is 0.991. The van der Waals surface area contributed by atoms with Gasteiger partial charge in [0, 0.05) is 0 Å². The summed E-state index contributed by atoms with van der Waals surface area (Å²) in [6.45, 7) is 14.3. The van der Waals surface area contributed by atoms with Gasteiger partial charge in [0.1, 0.15) is 0 Å². The number of aliphatic hydroxyl groups excluding tert-OH is 1. The molecule has 0 heterocycles. The number of hydrogen-bond acceptors (Lipinski definition) is 2. The van der Waals surface area contributed by atoms with Crippen LogP contribution in [-0.2, 0) is 0 Å². The Morgan fingerprint density at radius 3 is 1.43 bits per heavy atom. The van der Waals surface area contributed by atoms with Crippen LogP contribution in [0.2, 0.25) is 0 Å². The summed E-state index contributed by atoms with van der Waals surface area (Å²) >= 11 is 3.97. The third kappa shape index (κ3) is 43.5. The standard InChI is InChI=1S/C5H8O.C5H8S.C2H6/c2*1-3-4-5(2)6;1-2/h2*3-4,6H,1H2,2H3;1-2H3/b2*5-4-;. The number of hydrogen-bond donors (Lipinski definition) is 2. The molecule has 0 aromatic heterocycles. The molecular formula is C12H22OS. The van der Waals surface area contributed by atoms with Gasteiger partial charge < -0.3 is 5.11 Å². The van der Waals surface area contributed by atoms with E-state index < -0.39 is 0 Å². The number of rotatable bonds is 2. The van der Waals surface area contributed by atoms with Gasteiger partial charge in [0.05, 0.1) is 5.76 Å². The van der Waals surface area contributed by atoms with E-state index in [1.807, 2.05) is 26.8 Å². The molecule has 14 heavy (non-hydrogen) atoms. The summed E-state index contributed by atoms with van der Waals surface area (Å²) in [7, 11) is 0. The molecule has 0 atom stereocenters. The molecule has 0 aliphatic heterocycles. The van der Waals surface area contributed by atoms with Crippen molar-refractivity contribution < 1.29 is 5.11 Å². The van der Waals surface area contributed by atoms with E-state index in [0.29, 0.717) is 5.76 Å². The van der Waals surface area contributed by atoms with Gasteiger partial charge in [-0.2, -0.15) is 0 Å². The molecule has 2 heteroatoms. The Kier molecular flexibility index (Phi) is 24.2. The topological polar surface area (TPSA) is 20.2 Å². The lowest BCUT2D eigenvalue weighted by Gasteiger charge is -1.76. The van der Waals surface area contributed by atoms with Crippen LogP contribution in [-0.4, -0.2) is 5.11 Å². The molecule has 1 N–H and O–H groups in total. The molecule has 0 bridgehead atoms. The first kappa shape index (κ1) is 18.8. The zero-order valence-corrected chi connectivity index (χ0v) is 10.5. The first-order chi connectivity index (χ1) is 6.54. The fourth-order valence-electron chi connectivity index (χ4n) is 0.341. The van der Waals surface area contributed by atoms with E-state index in [2.05, 4.69) is 25.8 Å². The van der Waals surface area contributed by atoms with E-state index >= 15 is 0 Å². The molecule has 0 fully saturated rings. The minimum Gasteiger partial charge on any atom is -0.513 e. The van der Waals surface area contributed by atoms with E-state index in [1.54, 1.807) is 13.0 Å². The molecule has 0 aromatic carbocycles. The maximum Gasteiger partial charge on any atom is 0.0891 e. The average molecular weight is 214 g/mol. The van der Waals surface area contributed by atoms with E-state index in [9.17, 15) is 0 Å². The van der Waals surface area contributed by atoms with Gasteiger partial charge in [-0.25, -0.2) is 0 Å². The zero-order chi connectivity index (χ0) is 12.0. The van der Waals surface area contributed by atoms with Crippen molar-refractivity contribution in [1.29, 1.82) is 0 Å². The lowest BCUT2D eigenvalue weighted by molar-refractivity contribution is 0.414. The van der Waals surface area contributed by atoms with Crippen LogP contribution in [0.4, 0.5) is 0 Å². The third-order valence-corrected chi connectivity index (χ3v) is 0.867. The second kappa shape index (κ2) is 18.0. The summed E-state index contributed by atoms with van der Waals surface area (Å²) in [5.74, 6) is 0.296. The molecule has 0 radical (unpaired) electrons. The molecule has 0 amide bonds. The highest BCUT2D eigenvalue weighted by Crippen LogP contribution is 1.94. The Morgan fingerprint density at radius 1 is 1.07 bits per heavy atom. The second-order valence-electron chi connectivity index (χ2n) is 2.09. The Bertz CT molecular complexity index is 160. The first-order valence-electron chi connectivity index (χ1n) is 4.51. The largest absolute Gasteiger partial charge is 0.513 e. The lowest BCUT2D eigenvalue weighted by Crippen LogP contribution is -1.62. The van der Waals surface area contributed by atoms with E-state index in [-0.39, 0.29) is 0 Å². The SMILES string of the molecule is C=C/C=C(/C)O.C=C/C=C(/C)S.CC. The molecule has 0 aromatic rings. The molecular weight excluding hydrogens is 192 g/mol. The number of aliphatic hydroxyl groups is 1. The van der Waals surface area contributed by atoms with E-state index in [0.717, 1.165) is 4.91 Å². The van der Waals surface area contributed by atoms with Gasteiger partial charge in [-0.15, -0.1) is 12.6 Å². The van der Waals surface area contributed by atoms with Gasteiger partial charge >= 0.3 is 0 Å². The normalized spacial score (nSPS) is 10.1. The van der Waals surface area contributed by atoms with E-state index in [1.165, 1.54) is 12.2 Å². The molecule has 82 valence electrons. The summed E-state index contributed by atoms with van der Waals surface area (Å²) in [5.41, 5.74) is 0. The van der Waals surface area contributed by atoms with Crippen molar-refractivity contribution in [3.8, 4) is 0 Å². The highest BCUT2D eigenvalue weighted by Gasteiger charge is 1.66. The highest BCUT2D eigenvalue weighted by molar-refractivity contribution is 7.84. The van der Waals surface area contributed by atoms with Gasteiger partial charge in [0.15, 0.2) is 0 Å². The van der Waals surface area contributed by atoms with Crippen LogP contribution >= 0.6 is 12.6 Å². The summed E-state index contributed by atoms with van der Waals surface area (Å²) < 4.78 is 0. The minimum atomic E-state index is 0.296. The van der Waals surface area contributed by atoms with Gasteiger partial charge in [-0.1, -0.05) is 45.2 Å². The van der Waals surface area contributed by atoms with Crippen LogP contribution in [0, 0.1) is 0 Å². The van der Waals surface area contributed by atoms with Crippen LogP contribution in [0.5, 0.6) is 0 Å². The van der Waals surface area contributed by atoms with Gasteiger partial charge in [-0.3, -0.25) is 0 Å². The highest BCUT2D eigenvalue weighted by atomic mass is 32.1. The van der Waals surface area contributed by atoms with Crippen molar-refractivity contribution >= 4 is 12.6 Å². The summed E-state index contributed by atoms with van der Waals surface area (Å²) in [6, 6.07) is 0. The Hall–Kier alpha value is -0.890. The Morgan fingerprint density at radius 2 is 1.43 bits per heavy atom. The molecule has 0 aliphatic carbocycles. The van der Waals surface area contributed by atoms with Crippen LogP contribution in [0.25, 0.3) is 0 Å². The number of thiol groups is 1. The van der Waals surface area contributed by atoms with Crippen LogP contribution < -0.4 is 0 Å². The van der Waals surface area contributed by atoms with Crippen LogP contribution in [0.15, 0.2) is 48.1 Å². The fourth-order valence-corrected chi connectivity index (χ4v) is 0.447. The molecule has 0 aliphatic rings. The molecule has 1 nitrogen and oxygen atoms in total. The quantitative estimate of drug-likeness (QED) is 0.389. The molecule has 0 saturated carbocycles. The van der Waals surface area contributed by atoms with Crippen molar-refractivity contribution in [2.45, 2.75) is 27.7 Å². The maximum absolute atomic E-state index is 8.34. The smallest absolute Gasteiger partial charge is 0.0891 e. The lowest BCUT2D eigenvalue weighted by atomic mass is 10.5. The summed E-state index contributed by atoms with van der Waals surface area (Å²) in [6.07, 6.45) is 6.61. The Labute approximate surface area is 94.0 Å². The third-order valence-electron chi connectivity index (χ3n) is 0.718. The number of allylic oxidation sites excluding steroid dienone is 6. The molecule has 0 saturated heterocycles. The average Bonchev–Trinajstić information content (AvgIpc) is 2.08. The Balaban J connectivity index is -0.000000147.